The van der Waals surface area contributed by atoms with Gasteiger partial charge >= 0.3 is 5.69 Å². The molecule has 0 bridgehead atoms. The fraction of sp³-hybridized carbons (Fsp3) is 0.500. The van der Waals surface area contributed by atoms with E-state index < -0.39 is 4.92 Å². The molecule has 2 rings (SSSR count). The molecule has 1 aromatic rings. The number of benzene rings is 1. The zero-order valence-electron chi connectivity index (χ0n) is 11.7. The molecule has 2 N–H and O–H groups in total. The van der Waals surface area contributed by atoms with Gasteiger partial charge in [0.2, 0.25) is 0 Å². The quantitative estimate of drug-likeness (QED) is 0.633. The van der Waals surface area contributed by atoms with Crippen molar-refractivity contribution in [3.8, 4) is 5.75 Å². The normalized spacial score (nSPS) is 21.0. The van der Waals surface area contributed by atoms with Crippen LogP contribution < -0.4 is 10.1 Å². The van der Waals surface area contributed by atoms with Crippen molar-refractivity contribution in [3.63, 3.8) is 0 Å². The predicted molar refractivity (Wildman–Crippen MR) is 75.3 cm³/mol. The molecule has 114 valence electrons. The maximum Gasteiger partial charge on any atom is 0.310 e. The predicted octanol–water partition coefficient (Wildman–Crippen LogP) is 1.49. The minimum atomic E-state index is -0.556. The second-order valence-electron chi connectivity index (χ2n) is 5.10. The molecule has 7 heteroatoms. The number of nitrogens with zero attached hydrogens (tertiary/aromatic N) is 1. The van der Waals surface area contributed by atoms with Crippen LogP contribution in [0.4, 0.5) is 5.69 Å². The molecule has 1 aromatic carbocycles. The maximum absolute atomic E-state index is 12.2. The molecule has 0 heterocycles. The average molecular weight is 294 g/mol. The Hall–Kier alpha value is -2.15. The number of aliphatic hydroxyl groups excluding tert-OH is 1. The Labute approximate surface area is 122 Å². The summed E-state index contributed by atoms with van der Waals surface area (Å²) in [6.45, 7) is 0.0501. The number of rotatable bonds is 5. The average Bonchev–Trinajstić information content (AvgIpc) is 2.93. The van der Waals surface area contributed by atoms with Gasteiger partial charge in [-0.3, -0.25) is 14.9 Å². The summed E-state index contributed by atoms with van der Waals surface area (Å²) in [6, 6.07) is 3.96. The van der Waals surface area contributed by atoms with E-state index in [4.69, 9.17) is 4.74 Å². The van der Waals surface area contributed by atoms with E-state index >= 15 is 0 Å². The van der Waals surface area contributed by atoms with Crippen LogP contribution in [-0.2, 0) is 0 Å². The molecule has 1 amide bonds. The highest BCUT2D eigenvalue weighted by Gasteiger charge is 2.28. The van der Waals surface area contributed by atoms with Crippen LogP contribution in [0.25, 0.3) is 0 Å². The number of aliphatic hydroxyl groups is 1. The van der Waals surface area contributed by atoms with Crippen molar-refractivity contribution in [1.82, 2.24) is 5.32 Å². The second-order valence-corrected chi connectivity index (χ2v) is 5.10. The summed E-state index contributed by atoms with van der Waals surface area (Å²) in [5.74, 6) is -0.180. The van der Waals surface area contributed by atoms with E-state index in [2.05, 4.69) is 5.32 Å². The second kappa shape index (κ2) is 6.53. The van der Waals surface area contributed by atoms with E-state index in [1.54, 1.807) is 0 Å². The highest BCUT2D eigenvalue weighted by Crippen LogP contribution is 2.28. The zero-order chi connectivity index (χ0) is 15.4. The van der Waals surface area contributed by atoms with Crippen molar-refractivity contribution in [3.05, 3.63) is 33.9 Å². The number of carbonyl (C=O) groups excluding carboxylic acids is 1. The lowest BCUT2D eigenvalue weighted by Crippen LogP contribution is -2.38. The molecular weight excluding hydrogens is 276 g/mol. The minimum Gasteiger partial charge on any atom is -0.490 e. The zero-order valence-corrected chi connectivity index (χ0v) is 11.7. The molecule has 1 aliphatic carbocycles. The van der Waals surface area contributed by atoms with Crippen molar-refractivity contribution in [2.24, 2.45) is 5.92 Å². The fourth-order valence-electron chi connectivity index (χ4n) is 2.67. The Morgan fingerprint density at radius 2 is 2.29 bits per heavy atom. The molecule has 21 heavy (non-hydrogen) atoms. The third-order valence-electron chi connectivity index (χ3n) is 3.85. The van der Waals surface area contributed by atoms with Gasteiger partial charge in [-0.2, -0.15) is 0 Å². The van der Waals surface area contributed by atoms with E-state index in [1.165, 1.54) is 25.3 Å². The molecule has 0 spiro atoms. The lowest BCUT2D eigenvalue weighted by molar-refractivity contribution is -0.385. The number of nitro groups is 1. The summed E-state index contributed by atoms with van der Waals surface area (Å²) in [5, 5.41) is 22.9. The number of hydrogen-bond donors (Lipinski definition) is 2. The van der Waals surface area contributed by atoms with E-state index in [0.717, 1.165) is 19.3 Å². The first kappa shape index (κ1) is 15.2. The SMILES string of the molecule is COc1cc(C(=O)NC2CCCC2CO)ccc1[N+](=O)[O-]. The fourth-order valence-corrected chi connectivity index (χ4v) is 2.67. The van der Waals surface area contributed by atoms with Crippen molar-refractivity contribution < 1.29 is 19.6 Å². The summed E-state index contributed by atoms with van der Waals surface area (Å²) < 4.78 is 4.95. The van der Waals surface area contributed by atoms with Crippen LogP contribution >= 0.6 is 0 Å². The van der Waals surface area contributed by atoms with Gasteiger partial charge in [0.05, 0.1) is 12.0 Å². The standard InChI is InChI=1S/C14H18N2O5/c1-21-13-7-9(5-6-12(13)16(19)20)14(18)15-11-4-2-3-10(11)8-17/h5-7,10-11,17H,2-4,8H2,1H3,(H,15,18). The largest absolute Gasteiger partial charge is 0.490 e. The Bertz CT molecular complexity index is 546. The summed E-state index contributed by atoms with van der Waals surface area (Å²) in [6.07, 6.45) is 2.70. The molecular formula is C14H18N2O5. The lowest BCUT2D eigenvalue weighted by Gasteiger charge is -2.19. The summed E-state index contributed by atoms with van der Waals surface area (Å²) in [4.78, 5) is 22.5. The molecule has 1 fully saturated rings. The van der Waals surface area contributed by atoms with Crippen LogP contribution in [0.3, 0.4) is 0 Å². The first-order chi connectivity index (χ1) is 10.1. The van der Waals surface area contributed by atoms with Crippen LogP contribution in [0.15, 0.2) is 18.2 Å². The minimum absolute atomic E-state index is 0.0501. The van der Waals surface area contributed by atoms with Gasteiger partial charge in [0.15, 0.2) is 5.75 Å². The Morgan fingerprint density at radius 3 is 2.90 bits per heavy atom. The van der Waals surface area contributed by atoms with E-state index in [1.807, 2.05) is 0 Å². The topological polar surface area (TPSA) is 102 Å². The highest BCUT2D eigenvalue weighted by atomic mass is 16.6. The van der Waals surface area contributed by atoms with Gasteiger partial charge in [0.25, 0.3) is 5.91 Å². The van der Waals surface area contributed by atoms with Crippen molar-refractivity contribution >= 4 is 11.6 Å². The smallest absolute Gasteiger partial charge is 0.310 e. The van der Waals surface area contributed by atoms with E-state index in [0.29, 0.717) is 5.56 Å². The van der Waals surface area contributed by atoms with Crippen LogP contribution in [0.2, 0.25) is 0 Å². The van der Waals surface area contributed by atoms with Gasteiger partial charge in [-0.05, 0) is 18.9 Å². The third-order valence-corrected chi connectivity index (χ3v) is 3.85. The molecule has 0 saturated heterocycles. The third kappa shape index (κ3) is 3.30. The van der Waals surface area contributed by atoms with E-state index in [-0.39, 0.29) is 35.9 Å². The van der Waals surface area contributed by atoms with Crippen LogP contribution in [0, 0.1) is 16.0 Å². The maximum atomic E-state index is 12.2. The summed E-state index contributed by atoms with van der Waals surface area (Å²) >= 11 is 0. The van der Waals surface area contributed by atoms with Crippen molar-refractivity contribution in [2.45, 2.75) is 25.3 Å². The summed E-state index contributed by atoms with van der Waals surface area (Å²) in [7, 11) is 1.32. The van der Waals surface area contributed by atoms with Gasteiger partial charge in [-0.15, -0.1) is 0 Å². The first-order valence-corrected chi connectivity index (χ1v) is 6.81. The van der Waals surface area contributed by atoms with Gasteiger partial charge in [0, 0.05) is 36.3 Å². The van der Waals surface area contributed by atoms with Crippen LogP contribution in [0.5, 0.6) is 5.75 Å². The number of methoxy groups -OCH3 is 1. The molecule has 0 radical (unpaired) electrons. The highest BCUT2D eigenvalue weighted by molar-refractivity contribution is 5.95. The molecule has 1 aliphatic rings. The Morgan fingerprint density at radius 1 is 1.52 bits per heavy atom. The Kier molecular flexibility index (Phi) is 4.74. The van der Waals surface area contributed by atoms with Crippen LogP contribution in [0.1, 0.15) is 29.6 Å². The van der Waals surface area contributed by atoms with Gasteiger partial charge in [-0.1, -0.05) is 6.42 Å². The molecule has 0 aliphatic heterocycles. The molecule has 0 aromatic heterocycles. The number of nitro benzene ring substituents is 1. The molecule has 2 unspecified atom stereocenters. The van der Waals surface area contributed by atoms with Gasteiger partial charge in [0.1, 0.15) is 0 Å². The van der Waals surface area contributed by atoms with Gasteiger partial charge in [-0.25, -0.2) is 0 Å². The van der Waals surface area contributed by atoms with E-state index in [9.17, 15) is 20.0 Å². The molecule has 7 nitrogen and oxygen atoms in total. The number of ether oxygens (including phenoxy) is 1. The number of amides is 1. The lowest BCUT2D eigenvalue weighted by atomic mass is 10.0. The van der Waals surface area contributed by atoms with Crippen LogP contribution in [-0.4, -0.2) is 35.7 Å². The van der Waals surface area contributed by atoms with Crippen molar-refractivity contribution in [2.75, 3.05) is 13.7 Å². The summed E-state index contributed by atoms with van der Waals surface area (Å²) in [5.41, 5.74) is 0.129. The van der Waals surface area contributed by atoms with Crippen molar-refractivity contribution in [1.29, 1.82) is 0 Å². The molecule has 2 atom stereocenters. The van der Waals surface area contributed by atoms with Gasteiger partial charge < -0.3 is 15.2 Å². The monoisotopic (exact) mass is 294 g/mol. The number of hydrogen-bond acceptors (Lipinski definition) is 5. The number of carbonyl (C=O) groups is 1. The first-order valence-electron chi connectivity index (χ1n) is 6.81. The number of nitrogens with one attached hydrogen (secondary N) is 1. The molecule has 1 saturated carbocycles. The Balaban J connectivity index is 2.14.